The number of fused-ring (bicyclic) bond motifs is 1. The molecule has 1 aliphatic rings. The standard InChI is InChI=1S/C20H27N3O4/c1-5-21-14-9-6-7-10-15(14)23(19(21)26)13-17(24)22-12-8-11-16(22)18(25)27-20(2,3)4/h6-7,9-10,16H,5,8,11-13H2,1-4H3/t16-/m0/s1. The third kappa shape index (κ3) is 3.77. The lowest BCUT2D eigenvalue weighted by molar-refractivity contribution is -0.163. The molecule has 3 rings (SSSR count). The van der Waals surface area contributed by atoms with Gasteiger partial charge in [0.25, 0.3) is 0 Å². The molecule has 2 heterocycles. The highest BCUT2D eigenvalue weighted by Crippen LogP contribution is 2.22. The van der Waals surface area contributed by atoms with E-state index in [1.54, 1.807) is 9.47 Å². The van der Waals surface area contributed by atoms with Gasteiger partial charge in [0.1, 0.15) is 18.2 Å². The minimum atomic E-state index is -0.597. The Morgan fingerprint density at radius 3 is 2.37 bits per heavy atom. The number of rotatable bonds is 4. The van der Waals surface area contributed by atoms with E-state index in [0.29, 0.717) is 19.5 Å². The lowest BCUT2D eigenvalue weighted by atomic mass is 10.1. The van der Waals surface area contributed by atoms with Crippen molar-refractivity contribution in [2.24, 2.45) is 0 Å². The van der Waals surface area contributed by atoms with Gasteiger partial charge in [0.05, 0.1) is 11.0 Å². The summed E-state index contributed by atoms with van der Waals surface area (Å²) in [5.41, 5.74) is 0.730. The van der Waals surface area contributed by atoms with Gasteiger partial charge in [0.15, 0.2) is 0 Å². The summed E-state index contributed by atoms with van der Waals surface area (Å²) in [7, 11) is 0. The highest BCUT2D eigenvalue weighted by atomic mass is 16.6. The Morgan fingerprint density at radius 1 is 1.15 bits per heavy atom. The Kier molecular flexibility index (Phi) is 5.13. The number of esters is 1. The molecule has 0 unspecified atom stereocenters. The van der Waals surface area contributed by atoms with Crippen molar-refractivity contribution in [3.05, 3.63) is 34.7 Å². The highest BCUT2D eigenvalue weighted by Gasteiger charge is 2.37. The van der Waals surface area contributed by atoms with Crippen molar-refractivity contribution in [1.29, 1.82) is 0 Å². The molecule has 2 aromatic rings. The maximum Gasteiger partial charge on any atom is 0.329 e. The number of benzene rings is 1. The first-order valence-electron chi connectivity index (χ1n) is 9.43. The van der Waals surface area contributed by atoms with Crippen LogP contribution in [0.4, 0.5) is 0 Å². The number of ether oxygens (including phenoxy) is 1. The fraction of sp³-hybridized carbons (Fsp3) is 0.550. The zero-order chi connectivity index (χ0) is 19.8. The fourth-order valence-electron chi connectivity index (χ4n) is 3.64. The zero-order valence-electron chi connectivity index (χ0n) is 16.4. The maximum absolute atomic E-state index is 12.9. The van der Waals surface area contributed by atoms with Crippen molar-refractivity contribution in [2.75, 3.05) is 6.54 Å². The summed E-state index contributed by atoms with van der Waals surface area (Å²) >= 11 is 0. The van der Waals surface area contributed by atoms with Crippen LogP contribution in [-0.4, -0.2) is 44.1 Å². The van der Waals surface area contributed by atoms with Crippen LogP contribution in [0.15, 0.2) is 29.1 Å². The van der Waals surface area contributed by atoms with E-state index in [1.807, 2.05) is 52.0 Å². The van der Waals surface area contributed by atoms with Crippen LogP contribution in [0.1, 0.15) is 40.5 Å². The number of likely N-dealkylation sites (tertiary alicyclic amines) is 1. The average Bonchev–Trinajstić information content (AvgIpc) is 3.17. The number of aromatic nitrogens is 2. The van der Waals surface area contributed by atoms with Gasteiger partial charge in [-0.2, -0.15) is 0 Å². The van der Waals surface area contributed by atoms with Gasteiger partial charge >= 0.3 is 11.7 Å². The average molecular weight is 373 g/mol. The topological polar surface area (TPSA) is 73.5 Å². The summed E-state index contributed by atoms with van der Waals surface area (Å²) in [6, 6.07) is 6.86. The minimum absolute atomic E-state index is 0.0777. The lowest BCUT2D eigenvalue weighted by Gasteiger charge is -2.27. The summed E-state index contributed by atoms with van der Waals surface area (Å²) in [6.45, 7) is 8.29. The number of para-hydroxylation sites is 2. The van der Waals surface area contributed by atoms with Crippen molar-refractivity contribution < 1.29 is 14.3 Å². The Balaban J connectivity index is 1.85. The molecule has 7 heteroatoms. The van der Waals surface area contributed by atoms with Crippen LogP contribution in [0.2, 0.25) is 0 Å². The molecule has 0 radical (unpaired) electrons. The number of hydrogen-bond acceptors (Lipinski definition) is 4. The van der Waals surface area contributed by atoms with Crippen molar-refractivity contribution in [1.82, 2.24) is 14.0 Å². The number of amides is 1. The molecule has 1 saturated heterocycles. The first kappa shape index (κ1) is 19.2. The molecule has 1 fully saturated rings. The Bertz CT molecular complexity index is 919. The minimum Gasteiger partial charge on any atom is -0.458 e. The van der Waals surface area contributed by atoms with Crippen molar-refractivity contribution >= 4 is 22.9 Å². The van der Waals surface area contributed by atoms with Crippen LogP contribution < -0.4 is 5.69 Å². The third-order valence-corrected chi connectivity index (χ3v) is 4.79. The molecular weight excluding hydrogens is 346 g/mol. The van der Waals surface area contributed by atoms with Crippen LogP contribution in [0, 0.1) is 0 Å². The smallest absolute Gasteiger partial charge is 0.329 e. The summed E-state index contributed by atoms with van der Waals surface area (Å²) in [4.78, 5) is 39.7. The number of nitrogens with zero attached hydrogens (tertiary/aromatic N) is 3. The van der Waals surface area contributed by atoms with Crippen LogP contribution >= 0.6 is 0 Å². The molecule has 1 atom stereocenters. The first-order valence-corrected chi connectivity index (χ1v) is 9.43. The van der Waals surface area contributed by atoms with E-state index in [9.17, 15) is 14.4 Å². The summed E-state index contributed by atoms with van der Waals surface area (Å²) < 4.78 is 8.60. The van der Waals surface area contributed by atoms with E-state index in [-0.39, 0.29) is 24.1 Å². The van der Waals surface area contributed by atoms with E-state index >= 15 is 0 Å². The molecule has 7 nitrogen and oxygen atoms in total. The third-order valence-electron chi connectivity index (χ3n) is 4.79. The molecule has 27 heavy (non-hydrogen) atoms. The molecule has 0 spiro atoms. The van der Waals surface area contributed by atoms with Crippen molar-refractivity contribution in [3.63, 3.8) is 0 Å². The zero-order valence-corrected chi connectivity index (χ0v) is 16.4. The van der Waals surface area contributed by atoms with Gasteiger partial charge in [-0.3, -0.25) is 13.9 Å². The number of aryl methyl sites for hydroxylation is 1. The Labute approximate surface area is 158 Å². The molecule has 146 valence electrons. The van der Waals surface area contributed by atoms with Crippen LogP contribution in [0.5, 0.6) is 0 Å². The summed E-state index contributed by atoms with van der Waals surface area (Å²) in [6.07, 6.45) is 1.34. The quantitative estimate of drug-likeness (QED) is 0.770. The van der Waals surface area contributed by atoms with Gasteiger partial charge < -0.3 is 9.64 Å². The monoisotopic (exact) mass is 373 g/mol. The molecule has 1 aliphatic heterocycles. The van der Waals surface area contributed by atoms with E-state index in [1.165, 1.54) is 4.57 Å². The molecule has 0 bridgehead atoms. The van der Waals surface area contributed by atoms with E-state index in [4.69, 9.17) is 4.74 Å². The number of carbonyl (C=O) groups excluding carboxylic acids is 2. The molecule has 1 amide bonds. The predicted molar refractivity (Wildman–Crippen MR) is 102 cm³/mol. The second kappa shape index (κ2) is 7.21. The van der Waals surface area contributed by atoms with Crippen LogP contribution in [0.3, 0.4) is 0 Å². The summed E-state index contributed by atoms with van der Waals surface area (Å²) in [5.74, 6) is -0.610. The normalized spacial score (nSPS) is 17.5. The molecule has 1 aromatic carbocycles. The van der Waals surface area contributed by atoms with E-state index < -0.39 is 11.6 Å². The van der Waals surface area contributed by atoms with Crippen LogP contribution in [-0.2, 0) is 27.4 Å². The van der Waals surface area contributed by atoms with Crippen molar-refractivity contribution in [2.45, 2.75) is 65.3 Å². The van der Waals surface area contributed by atoms with Crippen LogP contribution in [0.25, 0.3) is 11.0 Å². The van der Waals surface area contributed by atoms with Gasteiger partial charge in [-0.05, 0) is 52.7 Å². The van der Waals surface area contributed by atoms with Gasteiger partial charge in [0, 0.05) is 13.1 Å². The maximum atomic E-state index is 12.9. The number of imidazole rings is 1. The Morgan fingerprint density at radius 2 is 1.78 bits per heavy atom. The molecule has 0 N–H and O–H groups in total. The second-order valence-corrected chi connectivity index (χ2v) is 7.88. The largest absolute Gasteiger partial charge is 0.458 e. The van der Waals surface area contributed by atoms with Gasteiger partial charge in [-0.25, -0.2) is 9.59 Å². The molecular formula is C20H27N3O4. The van der Waals surface area contributed by atoms with Gasteiger partial charge in [-0.1, -0.05) is 12.1 Å². The highest BCUT2D eigenvalue weighted by molar-refractivity contribution is 5.86. The first-order chi connectivity index (χ1) is 12.7. The molecule has 1 aromatic heterocycles. The molecule has 0 saturated carbocycles. The Hall–Kier alpha value is -2.57. The fourth-order valence-corrected chi connectivity index (χ4v) is 3.64. The van der Waals surface area contributed by atoms with Gasteiger partial charge in [-0.15, -0.1) is 0 Å². The second-order valence-electron chi connectivity index (χ2n) is 7.88. The number of hydrogen-bond donors (Lipinski definition) is 0. The SMILES string of the molecule is CCn1c(=O)n(CC(=O)N2CCC[C@H]2C(=O)OC(C)(C)C)c2ccccc21. The van der Waals surface area contributed by atoms with E-state index in [2.05, 4.69) is 0 Å². The van der Waals surface area contributed by atoms with Gasteiger partial charge in [0.2, 0.25) is 5.91 Å². The number of carbonyl (C=O) groups is 2. The molecule has 0 aliphatic carbocycles. The predicted octanol–water partition coefficient (Wildman–Crippen LogP) is 2.16. The van der Waals surface area contributed by atoms with E-state index in [0.717, 1.165) is 17.5 Å². The van der Waals surface area contributed by atoms with Crippen molar-refractivity contribution in [3.8, 4) is 0 Å². The lowest BCUT2D eigenvalue weighted by Crippen LogP contribution is -2.45. The summed E-state index contributed by atoms with van der Waals surface area (Å²) in [5, 5.41) is 0.